The molecule has 0 aliphatic heterocycles. The lowest BCUT2D eigenvalue weighted by atomic mass is 10.0. The minimum absolute atomic E-state index is 0.139. The number of H-pyrrole nitrogens is 1. The van der Waals surface area contributed by atoms with Gasteiger partial charge in [-0.05, 0) is 79.9 Å². The molecule has 1 amide bonds. The molecule has 2 heterocycles. The summed E-state index contributed by atoms with van der Waals surface area (Å²) in [5.74, 6) is -0.845. The molecule has 6 nitrogen and oxygen atoms in total. The zero-order chi connectivity index (χ0) is 25.8. The number of halogens is 1. The monoisotopic (exact) mass is 495 g/mol. The standard InChI is InChI=1S/C30H26FN3O3/c1-2-37-30(36)20-10-14-22(15-11-20)32-28(35)9-5-7-23-24-18-21(31)13-17-26(24)34-29(23)27-16-12-19-6-3-4-8-25(19)33-27/h3-4,6,8,10-18,34H,2,5,7,9H2,1H3,(H,32,35). The molecule has 0 saturated heterocycles. The lowest BCUT2D eigenvalue weighted by Gasteiger charge is -2.08. The second-order valence-electron chi connectivity index (χ2n) is 8.76. The molecule has 5 aromatic rings. The summed E-state index contributed by atoms with van der Waals surface area (Å²) in [6, 6.07) is 23.2. The number of nitrogens with one attached hydrogen (secondary N) is 2. The van der Waals surface area contributed by atoms with Gasteiger partial charge < -0.3 is 15.0 Å². The molecule has 0 bridgehead atoms. The maximum absolute atomic E-state index is 14.1. The Bertz CT molecular complexity index is 1590. The second-order valence-corrected chi connectivity index (χ2v) is 8.76. The van der Waals surface area contributed by atoms with E-state index in [4.69, 9.17) is 9.72 Å². The van der Waals surface area contributed by atoms with E-state index in [2.05, 4.69) is 10.3 Å². The third-order valence-electron chi connectivity index (χ3n) is 6.23. The predicted octanol–water partition coefficient (Wildman–Crippen LogP) is 6.66. The Hall–Kier alpha value is -4.52. The summed E-state index contributed by atoms with van der Waals surface area (Å²) in [4.78, 5) is 32.6. The number of benzene rings is 3. The SMILES string of the molecule is CCOC(=O)c1ccc(NC(=O)CCCc2c(-c3ccc4ccccc4n3)[nH]c3ccc(F)cc23)cc1. The van der Waals surface area contributed by atoms with Crippen LogP contribution in [0, 0.1) is 5.82 Å². The van der Waals surface area contributed by atoms with E-state index in [0.717, 1.165) is 38.8 Å². The number of hydrogen-bond acceptors (Lipinski definition) is 4. The molecule has 0 saturated carbocycles. The normalized spacial score (nSPS) is 11.1. The van der Waals surface area contributed by atoms with Gasteiger partial charge in [0.1, 0.15) is 5.82 Å². The van der Waals surface area contributed by atoms with Crippen molar-refractivity contribution in [1.82, 2.24) is 9.97 Å². The number of nitrogens with zero attached hydrogens (tertiary/aromatic N) is 1. The first-order valence-electron chi connectivity index (χ1n) is 12.2. The summed E-state index contributed by atoms with van der Waals surface area (Å²) < 4.78 is 19.1. The lowest BCUT2D eigenvalue weighted by molar-refractivity contribution is -0.116. The molecule has 0 unspecified atom stereocenters. The Labute approximate surface area is 213 Å². The molecule has 2 aromatic heterocycles. The average Bonchev–Trinajstić information content (AvgIpc) is 3.26. The summed E-state index contributed by atoms with van der Waals surface area (Å²) in [6.07, 6.45) is 1.42. The van der Waals surface area contributed by atoms with Crippen LogP contribution in [0.5, 0.6) is 0 Å². The number of carbonyl (C=O) groups is 2. The quantitative estimate of drug-likeness (QED) is 0.236. The van der Waals surface area contributed by atoms with Crippen LogP contribution in [0.25, 0.3) is 33.2 Å². The first-order valence-corrected chi connectivity index (χ1v) is 12.2. The van der Waals surface area contributed by atoms with Crippen LogP contribution in [0.3, 0.4) is 0 Å². The van der Waals surface area contributed by atoms with Crippen LogP contribution in [0.15, 0.2) is 78.9 Å². The first-order chi connectivity index (χ1) is 18.0. The van der Waals surface area contributed by atoms with E-state index in [1.807, 2.05) is 36.4 Å². The maximum Gasteiger partial charge on any atom is 0.338 e. The van der Waals surface area contributed by atoms with Crippen molar-refractivity contribution in [2.45, 2.75) is 26.2 Å². The van der Waals surface area contributed by atoms with Gasteiger partial charge in [0.15, 0.2) is 0 Å². The summed E-state index contributed by atoms with van der Waals surface area (Å²) in [5, 5.41) is 4.70. The number of fused-ring (bicyclic) bond motifs is 2. The summed E-state index contributed by atoms with van der Waals surface area (Å²) in [5.41, 5.74) is 5.28. The van der Waals surface area contributed by atoms with Gasteiger partial charge in [-0.2, -0.15) is 0 Å². The van der Waals surface area contributed by atoms with Gasteiger partial charge in [-0.15, -0.1) is 0 Å². The number of hydrogen-bond donors (Lipinski definition) is 2. The Kier molecular flexibility index (Phi) is 6.94. The molecule has 0 atom stereocenters. The Balaban J connectivity index is 1.32. The fourth-order valence-corrected chi connectivity index (χ4v) is 4.46. The molecule has 0 spiro atoms. The lowest BCUT2D eigenvalue weighted by Crippen LogP contribution is -2.12. The van der Waals surface area contributed by atoms with Crippen LogP contribution >= 0.6 is 0 Å². The first kappa shape index (κ1) is 24.2. The molecule has 0 radical (unpaired) electrons. The number of rotatable bonds is 8. The van der Waals surface area contributed by atoms with Crippen molar-refractivity contribution in [3.05, 3.63) is 95.8 Å². The number of aromatic amines is 1. The van der Waals surface area contributed by atoms with Gasteiger partial charge in [0.05, 0.1) is 29.1 Å². The molecule has 37 heavy (non-hydrogen) atoms. The van der Waals surface area contributed by atoms with Crippen LogP contribution in [-0.2, 0) is 16.0 Å². The van der Waals surface area contributed by atoms with E-state index in [1.165, 1.54) is 12.1 Å². The van der Waals surface area contributed by atoms with Crippen LogP contribution in [0.2, 0.25) is 0 Å². The van der Waals surface area contributed by atoms with Gasteiger partial charge in [0.25, 0.3) is 0 Å². The highest BCUT2D eigenvalue weighted by atomic mass is 19.1. The number of aromatic nitrogens is 2. The Morgan fingerprint density at radius 3 is 2.62 bits per heavy atom. The average molecular weight is 496 g/mol. The van der Waals surface area contributed by atoms with Crippen molar-refractivity contribution < 1.29 is 18.7 Å². The number of para-hydroxylation sites is 1. The van der Waals surface area contributed by atoms with Crippen molar-refractivity contribution >= 4 is 39.4 Å². The third kappa shape index (κ3) is 5.35. The Morgan fingerprint density at radius 1 is 1.00 bits per heavy atom. The highest BCUT2D eigenvalue weighted by molar-refractivity contribution is 5.94. The van der Waals surface area contributed by atoms with E-state index in [1.54, 1.807) is 37.3 Å². The highest BCUT2D eigenvalue weighted by Crippen LogP contribution is 2.32. The fourth-order valence-electron chi connectivity index (χ4n) is 4.46. The number of anilines is 1. The second kappa shape index (κ2) is 10.6. The van der Waals surface area contributed by atoms with Crippen LogP contribution in [0.4, 0.5) is 10.1 Å². The van der Waals surface area contributed by atoms with E-state index in [-0.39, 0.29) is 18.1 Å². The van der Waals surface area contributed by atoms with Crippen molar-refractivity contribution in [2.75, 3.05) is 11.9 Å². The number of amides is 1. The van der Waals surface area contributed by atoms with Crippen molar-refractivity contribution in [1.29, 1.82) is 0 Å². The van der Waals surface area contributed by atoms with E-state index in [0.29, 0.717) is 30.7 Å². The van der Waals surface area contributed by atoms with Crippen LogP contribution in [0.1, 0.15) is 35.7 Å². The molecule has 0 fully saturated rings. The van der Waals surface area contributed by atoms with Crippen LogP contribution in [-0.4, -0.2) is 28.5 Å². The molecule has 0 aliphatic carbocycles. The summed E-state index contributed by atoms with van der Waals surface area (Å²) >= 11 is 0. The van der Waals surface area contributed by atoms with Gasteiger partial charge in [-0.3, -0.25) is 4.79 Å². The number of carbonyl (C=O) groups excluding carboxylic acids is 2. The maximum atomic E-state index is 14.1. The predicted molar refractivity (Wildman–Crippen MR) is 143 cm³/mol. The zero-order valence-corrected chi connectivity index (χ0v) is 20.4. The molecule has 2 N–H and O–H groups in total. The van der Waals surface area contributed by atoms with Crippen LogP contribution < -0.4 is 5.32 Å². The zero-order valence-electron chi connectivity index (χ0n) is 20.4. The Morgan fingerprint density at radius 2 is 1.81 bits per heavy atom. The number of aryl methyl sites for hydroxylation is 1. The van der Waals surface area contributed by atoms with E-state index >= 15 is 0 Å². The smallest absolute Gasteiger partial charge is 0.338 e. The van der Waals surface area contributed by atoms with Gasteiger partial charge >= 0.3 is 5.97 Å². The molecular formula is C30H26FN3O3. The van der Waals surface area contributed by atoms with Gasteiger partial charge in [0.2, 0.25) is 5.91 Å². The van der Waals surface area contributed by atoms with Gasteiger partial charge in [0, 0.05) is 28.4 Å². The van der Waals surface area contributed by atoms with Crippen molar-refractivity contribution in [2.24, 2.45) is 0 Å². The highest BCUT2D eigenvalue weighted by Gasteiger charge is 2.16. The van der Waals surface area contributed by atoms with Crippen molar-refractivity contribution in [3.8, 4) is 11.4 Å². The molecule has 7 heteroatoms. The van der Waals surface area contributed by atoms with Gasteiger partial charge in [-0.25, -0.2) is 14.2 Å². The minimum Gasteiger partial charge on any atom is -0.462 e. The summed E-state index contributed by atoms with van der Waals surface area (Å²) in [6.45, 7) is 2.06. The topological polar surface area (TPSA) is 84.1 Å². The molecule has 3 aromatic carbocycles. The number of pyridine rings is 1. The fraction of sp³-hybridized carbons (Fsp3) is 0.167. The largest absolute Gasteiger partial charge is 0.462 e. The number of esters is 1. The minimum atomic E-state index is -0.396. The molecule has 0 aliphatic rings. The molecule has 5 rings (SSSR count). The summed E-state index contributed by atoms with van der Waals surface area (Å²) in [7, 11) is 0. The third-order valence-corrected chi connectivity index (χ3v) is 6.23. The molecule has 186 valence electrons. The van der Waals surface area contributed by atoms with Crippen molar-refractivity contribution in [3.63, 3.8) is 0 Å². The molecular weight excluding hydrogens is 469 g/mol. The van der Waals surface area contributed by atoms with E-state index < -0.39 is 5.97 Å². The number of ether oxygens (including phenoxy) is 1. The van der Waals surface area contributed by atoms with E-state index in [9.17, 15) is 14.0 Å². The van der Waals surface area contributed by atoms with Gasteiger partial charge in [-0.1, -0.05) is 24.3 Å².